The average molecular weight is 455 g/mol. The summed E-state index contributed by atoms with van der Waals surface area (Å²) < 4.78 is 13.2. The molecule has 3 aromatic rings. The van der Waals surface area contributed by atoms with Crippen LogP contribution in [0.25, 0.3) is 0 Å². The number of amides is 1. The highest BCUT2D eigenvalue weighted by Crippen LogP contribution is 2.32. The lowest BCUT2D eigenvalue weighted by Gasteiger charge is -2.33. The molecule has 0 spiro atoms. The summed E-state index contributed by atoms with van der Waals surface area (Å²) in [7, 11) is 3.72. The van der Waals surface area contributed by atoms with Crippen LogP contribution in [0.1, 0.15) is 39.5 Å². The second-order valence-electron chi connectivity index (χ2n) is 8.61. The van der Waals surface area contributed by atoms with Gasteiger partial charge in [0.2, 0.25) is 0 Å². The predicted molar refractivity (Wildman–Crippen MR) is 121 cm³/mol. The van der Waals surface area contributed by atoms with Crippen LogP contribution in [-0.4, -0.2) is 51.7 Å². The molecule has 0 saturated heterocycles. The van der Waals surface area contributed by atoms with Crippen molar-refractivity contribution in [2.24, 2.45) is 7.05 Å². The third kappa shape index (κ3) is 4.02. The van der Waals surface area contributed by atoms with Gasteiger partial charge in [-0.2, -0.15) is 5.10 Å². The second kappa shape index (κ2) is 8.64. The third-order valence-corrected chi connectivity index (χ3v) is 6.73. The number of ether oxygens (including phenoxy) is 1. The summed E-state index contributed by atoms with van der Waals surface area (Å²) in [4.78, 5) is 17.4. The Hall–Kier alpha value is -2.77. The van der Waals surface area contributed by atoms with Crippen LogP contribution in [-0.2, 0) is 33.0 Å². The number of aryl methyl sites for hydroxylation is 1. The van der Waals surface area contributed by atoms with Gasteiger partial charge in [0.25, 0.3) is 5.91 Å². The summed E-state index contributed by atoms with van der Waals surface area (Å²) in [6, 6.07) is 9.84. The molecule has 0 saturated carbocycles. The van der Waals surface area contributed by atoms with E-state index in [4.69, 9.17) is 20.8 Å². The highest BCUT2D eigenvalue weighted by molar-refractivity contribution is 6.30. The van der Waals surface area contributed by atoms with Crippen LogP contribution in [0.15, 0.2) is 41.0 Å². The minimum absolute atomic E-state index is 0.0739. The van der Waals surface area contributed by atoms with Crippen molar-refractivity contribution in [2.75, 3.05) is 20.2 Å². The van der Waals surface area contributed by atoms with Crippen LogP contribution in [0.5, 0.6) is 5.75 Å². The highest BCUT2D eigenvalue weighted by atomic mass is 35.5. The number of rotatable bonds is 4. The van der Waals surface area contributed by atoms with Gasteiger partial charge >= 0.3 is 0 Å². The van der Waals surface area contributed by atoms with Gasteiger partial charge in [-0.1, -0.05) is 11.6 Å². The van der Waals surface area contributed by atoms with Crippen molar-refractivity contribution in [3.8, 4) is 5.75 Å². The molecule has 1 unspecified atom stereocenters. The van der Waals surface area contributed by atoms with E-state index < -0.39 is 0 Å². The fourth-order valence-electron chi connectivity index (χ4n) is 4.84. The van der Waals surface area contributed by atoms with Gasteiger partial charge in [-0.25, -0.2) is 0 Å². The fraction of sp³-hybridized carbons (Fsp3) is 0.417. The van der Waals surface area contributed by atoms with Gasteiger partial charge < -0.3 is 14.1 Å². The molecule has 0 bridgehead atoms. The molecule has 32 heavy (non-hydrogen) atoms. The van der Waals surface area contributed by atoms with E-state index in [-0.39, 0.29) is 5.91 Å². The fourth-order valence-corrected chi connectivity index (χ4v) is 5.03. The van der Waals surface area contributed by atoms with Crippen LogP contribution in [0.3, 0.4) is 0 Å². The minimum atomic E-state index is -0.0739. The normalized spacial score (nSPS) is 18.4. The van der Waals surface area contributed by atoms with Gasteiger partial charge in [-0.15, -0.1) is 0 Å². The first-order chi connectivity index (χ1) is 15.5. The van der Waals surface area contributed by atoms with E-state index in [9.17, 15) is 4.79 Å². The maximum atomic E-state index is 13.3. The summed E-state index contributed by atoms with van der Waals surface area (Å²) >= 11 is 6.24. The van der Waals surface area contributed by atoms with Crippen molar-refractivity contribution >= 4 is 17.5 Å². The Kier molecular flexibility index (Phi) is 5.69. The zero-order chi connectivity index (χ0) is 22.2. The molecule has 2 aliphatic rings. The van der Waals surface area contributed by atoms with Gasteiger partial charge in [-0.3, -0.25) is 14.4 Å². The van der Waals surface area contributed by atoms with Crippen molar-refractivity contribution < 1.29 is 13.9 Å². The zero-order valence-electron chi connectivity index (χ0n) is 18.4. The smallest absolute Gasteiger partial charge is 0.274 e. The van der Waals surface area contributed by atoms with E-state index in [1.165, 1.54) is 0 Å². The standard InChI is InChI=1S/C24H27ClN4O3/c1-27(15-19-4-3-10-31-19)24(30)23-20-13-18(6-7-21(20)28(2)26-23)29-9-11-32-22-8-5-17(25)12-16(22)14-29/h3-5,8,10,12,18H,6-7,9,11,13-15H2,1-2H3. The van der Waals surface area contributed by atoms with Crippen LogP contribution in [0.4, 0.5) is 0 Å². The molecule has 1 aliphatic carbocycles. The van der Waals surface area contributed by atoms with Gasteiger partial charge in [0.05, 0.1) is 12.8 Å². The molecule has 3 heterocycles. The molecule has 8 heteroatoms. The molecule has 1 aliphatic heterocycles. The summed E-state index contributed by atoms with van der Waals surface area (Å²) in [6.45, 7) is 2.69. The molecule has 7 nitrogen and oxygen atoms in total. The second-order valence-corrected chi connectivity index (χ2v) is 9.04. The monoisotopic (exact) mass is 454 g/mol. The molecule has 2 aromatic heterocycles. The summed E-state index contributed by atoms with van der Waals surface area (Å²) in [5.41, 5.74) is 3.89. The van der Waals surface area contributed by atoms with Crippen molar-refractivity contribution in [2.45, 2.75) is 38.4 Å². The maximum absolute atomic E-state index is 13.3. The number of hydrogen-bond donors (Lipinski definition) is 0. The van der Waals surface area contributed by atoms with Crippen molar-refractivity contribution in [1.82, 2.24) is 19.6 Å². The van der Waals surface area contributed by atoms with Crippen molar-refractivity contribution in [3.63, 3.8) is 0 Å². The summed E-state index contributed by atoms with van der Waals surface area (Å²) in [5, 5.41) is 5.34. The summed E-state index contributed by atoms with van der Waals surface area (Å²) in [6.07, 6.45) is 4.35. The number of benzene rings is 1. The number of furan rings is 1. The Balaban J connectivity index is 1.37. The first kappa shape index (κ1) is 21.1. The first-order valence-corrected chi connectivity index (χ1v) is 11.3. The topological polar surface area (TPSA) is 63.7 Å². The largest absolute Gasteiger partial charge is 0.492 e. The van der Waals surface area contributed by atoms with E-state index >= 15 is 0 Å². The molecule has 1 atom stereocenters. The van der Waals surface area contributed by atoms with E-state index in [2.05, 4.69) is 10.00 Å². The lowest BCUT2D eigenvalue weighted by molar-refractivity contribution is 0.0766. The third-order valence-electron chi connectivity index (χ3n) is 6.50. The number of aromatic nitrogens is 2. The number of hydrogen-bond acceptors (Lipinski definition) is 5. The SMILES string of the molecule is CN(Cc1ccco1)C(=O)c1nn(C)c2c1CC(N1CCOc3ccc(Cl)cc3C1)CC2. The molecule has 5 rings (SSSR count). The zero-order valence-corrected chi connectivity index (χ0v) is 19.1. The Bertz CT molecular complexity index is 1120. The van der Waals surface area contributed by atoms with Gasteiger partial charge in [0.1, 0.15) is 18.1 Å². The Labute approximate surface area is 192 Å². The average Bonchev–Trinajstić information content (AvgIpc) is 3.35. The maximum Gasteiger partial charge on any atom is 0.274 e. The number of nitrogens with zero attached hydrogens (tertiary/aromatic N) is 4. The molecular formula is C24H27ClN4O3. The van der Waals surface area contributed by atoms with Crippen LogP contribution in [0.2, 0.25) is 5.02 Å². The van der Waals surface area contributed by atoms with E-state index in [0.29, 0.717) is 24.9 Å². The lowest BCUT2D eigenvalue weighted by Crippen LogP contribution is -2.40. The Morgan fingerprint density at radius 1 is 1.34 bits per heavy atom. The molecule has 1 amide bonds. The molecule has 0 fully saturated rings. The summed E-state index contributed by atoms with van der Waals surface area (Å²) in [5.74, 6) is 1.59. The Morgan fingerprint density at radius 3 is 3.03 bits per heavy atom. The minimum Gasteiger partial charge on any atom is -0.492 e. The van der Waals surface area contributed by atoms with E-state index in [1.54, 1.807) is 18.2 Å². The molecule has 0 N–H and O–H groups in total. The predicted octanol–water partition coefficient (Wildman–Crippen LogP) is 3.69. The number of halogens is 1. The quantitative estimate of drug-likeness (QED) is 0.601. The van der Waals surface area contributed by atoms with E-state index in [1.807, 2.05) is 42.1 Å². The highest BCUT2D eigenvalue weighted by Gasteiger charge is 2.33. The number of carbonyl (C=O) groups excluding carboxylic acids is 1. The van der Waals surface area contributed by atoms with Gasteiger partial charge in [0.15, 0.2) is 5.69 Å². The molecule has 0 radical (unpaired) electrons. The molecule has 168 valence electrons. The van der Waals surface area contributed by atoms with Gasteiger partial charge in [0, 0.05) is 55.1 Å². The van der Waals surface area contributed by atoms with Crippen LogP contribution in [0, 0.1) is 0 Å². The molecular weight excluding hydrogens is 428 g/mol. The first-order valence-electron chi connectivity index (χ1n) is 11.0. The van der Waals surface area contributed by atoms with Crippen LogP contribution < -0.4 is 4.74 Å². The van der Waals surface area contributed by atoms with Crippen LogP contribution >= 0.6 is 11.6 Å². The number of carbonyl (C=O) groups is 1. The lowest BCUT2D eigenvalue weighted by atomic mass is 9.89. The Morgan fingerprint density at radius 2 is 2.22 bits per heavy atom. The van der Waals surface area contributed by atoms with Crippen molar-refractivity contribution in [3.05, 3.63) is 69.9 Å². The van der Waals surface area contributed by atoms with Gasteiger partial charge in [-0.05, 0) is 49.6 Å². The molecule has 1 aromatic carbocycles. The number of fused-ring (bicyclic) bond motifs is 2. The van der Waals surface area contributed by atoms with Crippen molar-refractivity contribution in [1.29, 1.82) is 0 Å². The van der Waals surface area contributed by atoms with E-state index in [0.717, 1.165) is 65.7 Å².